The monoisotopic (exact) mass is 755 g/mol. The Labute approximate surface area is 301 Å². The molecule has 2 unspecified atom stereocenters. The first-order valence-electron chi connectivity index (χ1n) is 16.7. The fraction of sp³-hybridized carbons (Fsp3) is 0.353. The number of amides is 5. The first-order chi connectivity index (χ1) is 25.9. The van der Waals surface area contributed by atoms with E-state index in [1.807, 2.05) is 5.32 Å². The Morgan fingerprint density at radius 1 is 0.981 bits per heavy atom. The second kappa shape index (κ2) is 14.8. The molecule has 0 saturated carbocycles. The molecule has 2 atom stereocenters. The van der Waals surface area contributed by atoms with Crippen molar-refractivity contribution >= 4 is 41.0 Å². The number of halogens is 5. The van der Waals surface area contributed by atoms with Crippen LogP contribution in [-0.4, -0.2) is 90.9 Å². The number of aromatic nitrogens is 4. The summed E-state index contributed by atoms with van der Waals surface area (Å²) in [5, 5.41) is 10.5. The van der Waals surface area contributed by atoms with Crippen molar-refractivity contribution in [1.82, 2.24) is 34.9 Å². The standard InChI is InChI=1S/C34H30F5N9O6/c35-27(36)26-21(41-30(50)22-15-54-32(42-22)17-5-8-40-24(12-17)43-29(39)28(37)38)14-47(45-26)18-6-9-46(10-7-18)13-16-1-2-19-20(11-16)34(53)48(33(19)52)23-3-4-25(49)44-31(23)51/h1-2,5,8,11-12,14-15,18,23,27-29H,3-4,6-7,9-10,13H2,(H,40,43)(H,41,50)(H,44,49,51). The number of carbonyl (C=O) groups excluding carboxylic acids is 5. The first-order valence-corrected chi connectivity index (χ1v) is 16.7. The summed E-state index contributed by atoms with van der Waals surface area (Å²) in [7, 11) is 0. The van der Waals surface area contributed by atoms with Crippen LogP contribution in [0.25, 0.3) is 11.5 Å². The van der Waals surface area contributed by atoms with E-state index in [0.29, 0.717) is 32.5 Å². The zero-order chi connectivity index (χ0) is 38.3. The molecule has 15 nitrogen and oxygen atoms in total. The van der Waals surface area contributed by atoms with Crippen LogP contribution >= 0.6 is 0 Å². The summed E-state index contributed by atoms with van der Waals surface area (Å²) in [5.41, 5.74) is 0.110. The molecule has 0 radical (unpaired) electrons. The molecule has 7 rings (SSSR count). The van der Waals surface area contributed by atoms with Gasteiger partial charge in [0.25, 0.3) is 30.6 Å². The molecule has 1 aromatic carbocycles. The number of carbonyl (C=O) groups is 5. The molecule has 282 valence electrons. The van der Waals surface area contributed by atoms with Crippen LogP contribution in [0.3, 0.4) is 0 Å². The van der Waals surface area contributed by atoms with Crippen molar-refractivity contribution in [3.63, 3.8) is 0 Å². The second-order valence-corrected chi connectivity index (χ2v) is 12.8. The average Bonchev–Trinajstić information content (AvgIpc) is 3.86. The summed E-state index contributed by atoms with van der Waals surface area (Å²) in [6, 6.07) is 6.10. The molecule has 3 N–H and O–H groups in total. The highest BCUT2D eigenvalue weighted by Gasteiger charge is 2.44. The molecule has 20 heteroatoms. The molecule has 2 saturated heterocycles. The van der Waals surface area contributed by atoms with E-state index in [4.69, 9.17) is 4.42 Å². The van der Waals surface area contributed by atoms with E-state index < -0.39 is 60.4 Å². The molecule has 2 fully saturated rings. The largest absolute Gasteiger partial charge is 0.444 e. The highest BCUT2D eigenvalue weighted by atomic mass is 19.3. The van der Waals surface area contributed by atoms with Gasteiger partial charge in [-0.1, -0.05) is 6.07 Å². The molecule has 4 aromatic rings. The maximum atomic E-state index is 14.0. The minimum absolute atomic E-state index is 0.0157. The topological polar surface area (TPSA) is 185 Å². The molecule has 3 aliphatic rings. The van der Waals surface area contributed by atoms with Crippen molar-refractivity contribution < 1.29 is 50.3 Å². The Hall–Kier alpha value is -6.05. The molecule has 3 aliphatic heterocycles. The number of hydrogen-bond acceptors (Lipinski definition) is 11. The van der Waals surface area contributed by atoms with Crippen LogP contribution in [0.1, 0.15) is 80.6 Å². The van der Waals surface area contributed by atoms with Crippen LogP contribution in [0, 0.1) is 0 Å². The van der Waals surface area contributed by atoms with Crippen LogP contribution in [-0.2, 0) is 16.1 Å². The number of rotatable bonds is 11. The van der Waals surface area contributed by atoms with Crippen molar-refractivity contribution in [2.75, 3.05) is 23.7 Å². The fourth-order valence-electron chi connectivity index (χ4n) is 6.61. The lowest BCUT2D eigenvalue weighted by molar-refractivity contribution is -0.136. The Kier molecular flexibility index (Phi) is 9.93. The summed E-state index contributed by atoms with van der Waals surface area (Å²) in [6.45, 7) is 1.49. The number of nitrogens with one attached hydrogen (secondary N) is 3. The van der Waals surface area contributed by atoms with Gasteiger partial charge in [0, 0.05) is 44.0 Å². The lowest BCUT2D eigenvalue weighted by Crippen LogP contribution is -2.54. The number of pyridine rings is 1. The van der Waals surface area contributed by atoms with Gasteiger partial charge in [-0.3, -0.25) is 43.8 Å². The summed E-state index contributed by atoms with van der Waals surface area (Å²) in [6.07, 6.45) is -4.42. The Balaban J connectivity index is 0.968. The third-order valence-corrected chi connectivity index (χ3v) is 9.31. The van der Waals surface area contributed by atoms with Gasteiger partial charge in [0.05, 0.1) is 22.9 Å². The van der Waals surface area contributed by atoms with Gasteiger partial charge in [0.1, 0.15) is 18.1 Å². The van der Waals surface area contributed by atoms with E-state index >= 15 is 0 Å². The summed E-state index contributed by atoms with van der Waals surface area (Å²) in [5.74, 6) is -3.61. The number of benzene rings is 1. The third-order valence-electron chi connectivity index (χ3n) is 9.31. The highest BCUT2D eigenvalue weighted by molar-refractivity contribution is 6.23. The number of fused-ring (bicyclic) bond motifs is 1. The van der Waals surface area contributed by atoms with E-state index in [1.165, 1.54) is 29.2 Å². The minimum Gasteiger partial charge on any atom is -0.444 e. The van der Waals surface area contributed by atoms with Crippen molar-refractivity contribution in [2.24, 2.45) is 0 Å². The van der Waals surface area contributed by atoms with Crippen molar-refractivity contribution in [2.45, 2.75) is 63.5 Å². The number of imide groups is 2. The normalized spacial score (nSPS) is 18.7. The molecule has 0 bridgehead atoms. The van der Waals surface area contributed by atoms with E-state index in [0.717, 1.165) is 16.7 Å². The molecule has 6 heterocycles. The van der Waals surface area contributed by atoms with Gasteiger partial charge >= 0.3 is 0 Å². The third kappa shape index (κ3) is 7.28. The predicted octanol–water partition coefficient (Wildman–Crippen LogP) is 4.33. The molecular weight excluding hydrogens is 725 g/mol. The van der Waals surface area contributed by atoms with Crippen LogP contribution < -0.4 is 16.0 Å². The second-order valence-electron chi connectivity index (χ2n) is 12.8. The maximum Gasteiger partial charge on any atom is 0.287 e. The molecule has 54 heavy (non-hydrogen) atoms. The van der Waals surface area contributed by atoms with Gasteiger partial charge < -0.3 is 15.1 Å². The van der Waals surface area contributed by atoms with E-state index in [1.54, 1.807) is 18.2 Å². The Morgan fingerprint density at radius 3 is 2.46 bits per heavy atom. The van der Waals surface area contributed by atoms with Gasteiger partial charge in [0.2, 0.25) is 24.0 Å². The number of anilines is 2. The lowest BCUT2D eigenvalue weighted by atomic mass is 10.0. The number of piperidine rings is 2. The van der Waals surface area contributed by atoms with Gasteiger partial charge in [0.15, 0.2) is 11.4 Å². The molecular formula is C34H30F5N9O6. The van der Waals surface area contributed by atoms with Crippen molar-refractivity contribution in [3.05, 3.63) is 77.1 Å². The van der Waals surface area contributed by atoms with Crippen LogP contribution in [0.2, 0.25) is 0 Å². The number of hydrogen-bond donors (Lipinski definition) is 3. The number of alkyl halides is 5. The quantitative estimate of drug-likeness (QED) is 0.112. The average molecular weight is 756 g/mol. The predicted molar refractivity (Wildman–Crippen MR) is 176 cm³/mol. The lowest BCUT2D eigenvalue weighted by Gasteiger charge is -2.32. The Bertz CT molecular complexity index is 2130. The fourth-order valence-corrected chi connectivity index (χ4v) is 6.61. The van der Waals surface area contributed by atoms with Gasteiger partial charge in [-0.15, -0.1) is 0 Å². The van der Waals surface area contributed by atoms with E-state index in [9.17, 15) is 45.9 Å². The summed E-state index contributed by atoms with van der Waals surface area (Å²) >= 11 is 0. The van der Waals surface area contributed by atoms with Gasteiger partial charge in [-0.2, -0.15) is 5.10 Å². The number of oxazole rings is 1. The van der Waals surface area contributed by atoms with E-state index in [-0.39, 0.29) is 58.7 Å². The van der Waals surface area contributed by atoms with Crippen LogP contribution in [0.4, 0.5) is 33.5 Å². The van der Waals surface area contributed by atoms with Crippen LogP contribution in [0.15, 0.2) is 53.4 Å². The zero-order valence-corrected chi connectivity index (χ0v) is 28.0. The van der Waals surface area contributed by atoms with E-state index in [2.05, 4.69) is 30.6 Å². The smallest absolute Gasteiger partial charge is 0.287 e. The molecule has 0 spiro atoms. The summed E-state index contributed by atoms with van der Waals surface area (Å²) < 4.78 is 73.3. The van der Waals surface area contributed by atoms with Gasteiger partial charge in [-0.25, -0.2) is 31.9 Å². The zero-order valence-electron chi connectivity index (χ0n) is 28.0. The minimum atomic E-state index is -3.29. The maximum absolute atomic E-state index is 14.0. The molecule has 5 amide bonds. The van der Waals surface area contributed by atoms with Crippen molar-refractivity contribution in [3.8, 4) is 11.5 Å². The van der Waals surface area contributed by atoms with Gasteiger partial charge in [-0.05, 0) is 49.1 Å². The van der Waals surface area contributed by atoms with Crippen LogP contribution in [0.5, 0.6) is 0 Å². The highest BCUT2D eigenvalue weighted by Crippen LogP contribution is 2.32. The summed E-state index contributed by atoms with van der Waals surface area (Å²) in [4.78, 5) is 74.0. The SMILES string of the molecule is O=C1CCC(N2C(=O)c3ccc(CN4CCC(n5cc(NC(=O)c6coc(-c7ccnc(NC(F)C(F)F)c7)n6)c(C(F)F)n5)CC4)cc3C2=O)C(=O)N1. The molecule has 3 aromatic heterocycles. The van der Waals surface area contributed by atoms with Crippen molar-refractivity contribution in [1.29, 1.82) is 0 Å². The Morgan fingerprint density at radius 2 is 1.74 bits per heavy atom. The number of likely N-dealkylation sites (tertiary alicyclic amines) is 1. The number of nitrogens with zero attached hydrogens (tertiary/aromatic N) is 6. The first kappa shape index (κ1) is 36.3. The molecule has 0 aliphatic carbocycles.